The van der Waals surface area contributed by atoms with E-state index in [1.807, 2.05) is 4.90 Å². The third kappa shape index (κ3) is 7.49. The van der Waals surface area contributed by atoms with Gasteiger partial charge in [0.1, 0.15) is 0 Å². The summed E-state index contributed by atoms with van der Waals surface area (Å²) in [6.07, 6.45) is 9.15. The Hall–Kier alpha value is -0.830. The van der Waals surface area contributed by atoms with Gasteiger partial charge in [-0.25, -0.2) is 0 Å². The van der Waals surface area contributed by atoms with Gasteiger partial charge in [0, 0.05) is 13.1 Å². The molecule has 0 aromatic carbocycles. The molecular formula is C15H30N2O. The van der Waals surface area contributed by atoms with Gasteiger partial charge in [-0.15, -0.1) is 6.58 Å². The fraction of sp³-hybridized carbons (Fsp3) is 0.800. The number of hydrogen-bond acceptors (Lipinski definition) is 2. The molecule has 1 amide bonds. The zero-order valence-electron chi connectivity index (χ0n) is 12.2. The van der Waals surface area contributed by atoms with Crippen LogP contribution in [0.2, 0.25) is 0 Å². The van der Waals surface area contributed by atoms with Crippen LogP contribution in [0, 0.1) is 0 Å². The molecule has 0 heterocycles. The molecule has 0 aromatic heterocycles. The average Bonchev–Trinajstić information content (AvgIpc) is 2.37. The summed E-state index contributed by atoms with van der Waals surface area (Å²) in [6.45, 7) is 9.69. The van der Waals surface area contributed by atoms with Gasteiger partial charge < -0.3 is 10.6 Å². The first-order chi connectivity index (χ1) is 8.67. The molecule has 0 fully saturated rings. The zero-order chi connectivity index (χ0) is 13.8. The first-order valence-corrected chi connectivity index (χ1v) is 7.32. The Labute approximate surface area is 112 Å². The molecule has 0 spiro atoms. The number of carbonyl (C=O) groups excluding carboxylic acids is 1. The van der Waals surface area contributed by atoms with Crippen LogP contribution < -0.4 is 5.73 Å². The molecule has 0 aliphatic carbocycles. The van der Waals surface area contributed by atoms with E-state index in [2.05, 4.69) is 20.4 Å². The number of nitrogens with zero attached hydrogens (tertiary/aromatic N) is 1. The molecule has 1 atom stereocenters. The average molecular weight is 254 g/mol. The van der Waals surface area contributed by atoms with Crippen molar-refractivity contribution in [3.8, 4) is 0 Å². The Morgan fingerprint density at radius 3 is 2.06 bits per heavy atom. The van der Waals surface area contributed by atoms with E-state index in [0.717, 1.165) is 25.9 Å². The molecule has 0 bridgehead atoms. The van der Waals surface area contributed by atoms with Crippen LogP contribution in [-0.2, 0) is 4.79 Å². The number of hydrogen-bond donors (Lipinski definition) is 1. The lowest BCUT2D eigenvalue weighted by Crippen LogP contribution is -2.44. The third-order valence-corrected chi connectivity index (χ3v) is 3.11. The molecule has 0 saturated carbocycles. The number of carbonyl (C=O) groups is 1. The highest BCUT2D eigenvalue weighted by Crippen LogP contribution is 2.06. The van der Waals surface area contributed by atoms with Gasteiger partial charge in [-0.3, -0.25) is 4.79 Å². The molecule has 106 valence electrons. The second-order valence-electron chi connectivity index (χ2n) is 4.87. The Kier molecular flexibility index (Phi) is 10.8. The van der Waals surface area contributed by atoms with E-state index in [-0.39, 0.29) is 5.91 Å². The fourth-order valence-corrected chi connectivity index (χ4v) is 1.95. The standard InChI is InChI=1S/C15H30N2O/c1-4-7-9-12-17(13-10-8-5-2)15(18)14(16)11-6-3/h6,14H,3-5,7-13,16H2,1-2H3. The van der Waals surface area contributed by atoms with Crippen LogP contribution >= 0.6 is 0 Å². The van der Waals surface area contributed by atoms with Crippen molar-refractivity contribution in [2.24, 2.45) is 5.73 Å². The largest absolute Gasteiger partial charge is 0.341 e. The second-order valence-corrected chi connectivity index (χ2v) is 4.87. The van der Waals surface area contributed by atoms with E-state index < -0.39 is 6.04 Å². The predicted molar refractivity (Wildman–Crippen MR) is 78.4 cm³/mol. The molecule has 2 N–H and O–H groups in total. The van der Waals surface area contributed by atoms with Crippen LogP contribution in [0.1, 0.15) is 58.8 Å². The van der Waals surface area contributed by atoms with Crippen LogP contribution in [0.3, 0.4) is 0 Å². The topological polar surface area (TPSA) is 46.3 Å². The first-order valence-electron chi connectivity index (χ1n) is 7.32. The van der Waals surface area contributed by atoms with Gasteiger partial charge in [-0.05, 0) is 19.3 Å². The van der Waals surface area contributed by atoms with E-state index in [0.29, 0.717) is 6.42 Å². The first kappa shape index (κ1) is 17.2. The molecule has 0 radical (unpaired) electrons. The summed E-state index contributed by atoms with van der Waals surface area (Å²) in [5.41, 5.74) is 5.87. The van der Waals surface area contributed by atoms with Crippen molar-refractivity contribution < 1.29 is 4.79 Å². The lowest BCUT2D eigenvalue weighted by molar-refractivity contribution is -0.132. The van der Waals surface area contributed by atoms with Crippen molar-refractivity contribution >= 4 is 5.91 Å². The van der Waals surface area contributed by atoms with Crippen molar-refractivity contribution in [1.29, 1.82) is 0 Å². The number of nitrogens with two attached hydrogens (primary N) is 1. The molecule has 0 rings (SSSR count). The molecular weight excluding hydrogens is 224 g/mol. The lowest BCUT2D eigenvalue weighted by Gasteiger charge is -2.25. The van der Waals surface area contributed by atoms with Crippen LogP contribution in [0.25, 0.3) is 0 Å². The maximum absolute atomic E-state index is 12.2. The highest BCUT2D eigenvalue weighted by Gasteiger charge is 2.18. The van der Waals surface area contributed by atoms with Crippen molar-refractivity contribution in [2.45, 2.75) is 64.8 Å². The minimum Gasteiger partial charge on any atom is -0.341 e. The highest BCUT2D eigenvalue weighted by molar-refractivity contribution is 5.81. The van der Waals surface area contributed by atoms with Gasteiger partial charge in [0.2, 0.25) is 5.91 Å². The quantitative estimate of drug-likeness (QED) is 0.455. The molecule has 18 heavy (non-hydrogen) atoms. The van der Waals surface area contributed by atoms with Gasteiger partial charge in [0.25, 0.3) is 0 Å². The summed E-state index contributed by atoms with van der Waals surface area (Å²) in [4.78, 5) is 14.1. The minimum absolute atomic E-state index is 0.0853. The SMILES string of the molecule is C=CCC(N)C(=O)N(CCCCC)CCCCC. The summed E-state index contributed by atoms with van der Waals surface area (Å²) >= 11 is 0. The number of rotatable bonds is 11. The van der Waals surface area contributed by atoms with Crippen molar-refractivity contribution in [3.63, 3.8) is 0 Å². The number of amides is 1. The van der Waals surface area contributed by atoms with Crippen LogP contribution in [0.15, 0.2) is 12.7 Å². The fourth-order valence-electron chi connectivity index (χ4n) is 1.95. The summed E-state index contributed by atoms with van der Waals surface area (Å²) in [7, 11) is 0. The summed E-state index contributed by atoms with van der Waals surface area (Å²) < 4.78 is 0. The summed E-state index contributed by atoms with van der Waals surface area (Å²) in [6, 6.07) is -0.411. The summed E-state index contributed by atoms with van der Waals surface area (Å²) in [5.74, 6) is 0.0853. The van der Waals surface area contributed by atoms with Crippen molar-refractivity contribution in [1.82, 2.24) is 4.90 Å². The van der Waals surface area contributed by atoms with E-state index in [1.165, 1.54) is 25.7 Å². The van der Waals surface area contributed by atoms with E-state index in [9.17, 15) is 4.79 Å². The Morgan fingerprint density at radius 2 is 1.67 bits per heavy atom. The number of unbranched alkanes of at least 4 members (excludes halogenated alkanes) is 4. The Morgan fingerprint density at radius 1 is 1.17 bits per heavy atom. The van der Waals surface area contributed by atoms with Gasteiger partial charge in [-0.2, -0.15) is 0 Å². The van der Waals surface area contributed by atoms with Crippen molar-refractivity contribution in [2.75, 3.05) is 13.1 Å². The maximum atomic E-state index is 12.2. The van der Waals surface area contributed by atoms with E-state index >= 15 is 0 Å². The highest BCUT2D eigenvalue weighted by atomic mass is 16.2. The molecule has 0 saturated heterocycles. The van der Waals surface area contributed by atoms with Gasteiger partial charge in [-0.1, -0.05) is 45.6 Å². The lowest BCUT2D eigenvalue weighted by atomic mass is 10.1. The minimum atomic E-state index is -0.411. The Bertz CT molecular complexity index is 219. The smallest absolute Gasteiger partial charge is 0.239 e. The van der Waals surface area contributed by atoms with Crippen molar-refractivity contribution in [3.05, 3.63) is 12.7 Å². The molecule has 0 aromatic rings. The van der Waals surface area contributed by atoms with Gasteiger partial charge in [0.05, 0.1) is 6.04 Å². The second kappa shape index (κ2) is 11.3. The molecule has 1 unspecified atom stereocenters. The zero-order valence-corrected chi connectivity index (χ0v) is 12.2. The maximum Gasteiger partial charge on any atom is 0.239 e. The van der Waals surface area contributed by atoms with Crippen LogP contribution in [0.5, 0.6) is 0 Å². The van der Waals surface area contributed by atoms with E-state index in [1.54, 1.807) is 6.08 Å². The molecule has 0 aliphatic heterocycles. The van der Waals surface area contributed by atoms with Crippen LogP contribution in [-0.4, -0.2) is 29.9 Å². The molecule has 3 nitrogen and oxygen atoms in total. The van der Waals surface area contributed by atoms with Crippen LogP contribution in [0.4, 0.5) is 0 Å². The Balaban J connectivity index is 4.23. The predicted octanol–water partition coefficient (Wildman–Crippen LogP) is 3.10. The van der Waals surface area contributed by atoms with E-state index in [4.69, 9.17) is 5.73 Å². The normalized spacial score (nSPS) is 12.2. The molecule has 3 heteroatoms. The van der Waals surface area contributed by atoms with Gasteiger partial charge in [0.15, 0.2) is 0 Å². The third-order valence-electron chi connectivity index (χ3n) is 3.11. The molecule has 0 aliphatic rings. The monoisotopic (exact) mass is 254 g/mol. The van der Waals surface area contributed by atoms with Gasteiger partial charge >= 0.3 is 0 Å². The summed E-state index contributed by atoms with van der Waals surface area (Å²) in [5, 5.41) is 0.